The Hall–Kier alpha value is -1.66. The molecule has 1 aromatic rings. The molecule has 0 saturated carbocycles. The third-order valence-electron chi connectivity index (χ3n) is 2.11. The lowest BCUT2D eigenvalue weighted by Gasteiger charge is -2.13. The number of esters is 1. The molecule has 4 nitrogen and oxygen atoms in total. The summed E-state index contributed by atoms with van der Waals surface area (Å²) in [5, 5.41) is 0. The zero-order chi connectivity index (χ0) is 13.9. The summed E-state index contributed by atoms with van der Waals surface area (Å²) in [6.07, 6.45) is -3.76. The first-order chi connectivity index (χ1) is 8.27. The van der Waals surface area contributed by atoms with Crippen LogP contribution in [0, 0.1) is 0 Å². The maximum atomic E-state index is 12.5. The number of rotatable bonds is 3. The smallest absolute Gasteiger partial charge is 0.451 e. The quantitative estimate of drug-likeness (QED) is 0.786. The van der Waals surface area contributed by atoms with Crippen molar-refractivity contribution in [2.24, 2.45) is 0 Å². The van der Waals surface area contributed by atoms with Gasteiger partial charge in [0, 0.05) is 6.20 Å². The standard InChI is InChI=1S/C11H13F3N2O2/c1-4-18-9(17)7-5-15-10(11(12,13)14)16-8(7)6(2)3/h5-6H,4H2,1-3H3. The van der Waals surface area contributed by atoms with Crippen LogP contribution in [0.1, 0.15) is 48.6 Å². The minimum atomic E-state index is -4.63. The third-order valence-corrected chi connectivity index (χ3v) is 2.11. The molecule has 1 rings (SSSR count). The van der Waals surface area contributed by atoms with Gasteiger partial charge in [-0.05, 0) is 12.8 Å². The van der Waals surface area contributed by atoms with E-state index in [1.807, 2.05) is 0 Å². The fraction of sp³-hybridized carbons (Fsp3) is 0.545. The molecule has 0 aliphatic heterocycles. The van der Waals surface area contributed by atoms with E-state index in [2.05, 4.69) is 9.97 Å². The van der Waals surface area contributed by atoms with Gasteiger partial charge in [0.2, 0.25) is 5.82 Å². The van der Waals surface area contributed by atoms with Gasteiger partial charge in [-0.15, -0.1) is 0 Å². The second kappa shape index (κ2) is 5.32. The van der Waals surface area contributed by atoms with Crippen molar-refractivity contribution in [2.45, 2.75) is 32.9 Å². The Bertz CT molecular complexity index is 444. The molecule has 0 aliphatic rings. The lowest BCUT2D eigenvalue weighted by molar-refractivity contribution is -0.145. The average molecular weight is 262 g/mol. The fourth-order valence-corrected chi connectivity index (χ4v) is 1.34. The van der Waals surface area contributed by atoms with Gasteiger partial charge in [0.25, 0.3) is 0 Å². The monoisotopic (exact) mass is 262 g/mol. The highest BCUT2D eigenvalue weighted by atomic mass is 19.4. The van der Waals surface area contributed by atoms with Gasteiger partial charge in [-0.2, -0.15) is 13.2 Å². The molecular formula is C11H13F3N2O2. The Labute approximate surface area is 102 Å². The second-order valence-corrected chi connectivity index (χ2v) is 3.87. The molecule has 0 amide bonds. The summed E-state index contributed by atoms with van der Waals surface area (Å²) in [5.41, 5.74) is 0.00984. The molecule has 18 heavy (non-hydrogen) atoms. The number of alkyl halides is 3. The Kier molecular flexibility index (Phi) is 4.26. The van der Waals surface area contributed by atoms with E-state index in [0.717, 1.165) is 6.20 Å². The molecule has 0 bridgehead atoms. The van der Waals surface area contributed by atoms with Crippen LogP contribution in [0.15, 0.2) is 6.20 Å². The molecule has 0 spiro atoms. The maximum absolute atomic E-state index is 12.5. The van der Waals surface area contributed by atoms with E-state index in [-0.39, 0.29) is 23.8 Å². The largest absolute Gasteiger partial charge is 0.462 e. The van der Waals surface area contributed by atoms with E-state index in [9.17, 15) is 18.0 Å². The van der Waals surface area contributed by atoms with Gasteiger partial charge in [-0.25, -0.2) is 14.8 Å². The molecule has 0 unspecified atom stereocenters. The van der Waals surface area contributed by atoms with Crippen molar-refractivity contribution < 1.29 is 22.7 Å². The highest BCUT2D eigenvalue weighted by Gasteiger charge is 2.36. The van der Waals surface area contributed by atoms with Crippen LogP contribution >= 0.6 is 0 Å². The van der Waals surface area contributed by atoms with E-state index in [4.69, 9.17) is 4.74 Å². The van der Waals surface area contributed by atoms with Crippen LogP contribution in [0.25, 0.3) is 0 Å². The van der Waals surface area contributed by atoms with Gasteiger partial charge in [0.1, 0.15) is 0 Å². The van der Waals surface area contributed by atoms with E-state index in [1.54, 1.807) is 20.8 Å². The number of hydrogen-bond donors (Lipinski definition) is 0. The molecule has 0 radical (unpaired) electrons. The summed E-state index contributed by atoms with van der Waals surface area (Å²) in [6, 6.07) is 0. The molecule has 100 valence electrons. The predicted molar refractivity (Wildman–Crippen MR) is 57.1 cm³/mol. The molecule has 0 fully saturated rings. The van der Waals surface area contributed by atoms with Crippen molar-refractivity contribution in [1.29, 1.82) is 0 Å². The van der Waals surface area contributed by atoms with Crippen LogP contribution in [0.2, 0.25) is 0 Å². The highest BCUT2D eigenvalue weighted by Crippen LogP contribution is 2.28. The SMILES string of the molecule is CCOC(=O)c1cnc(C(F)(F)F)nc1C(C)C. The number of carbonyl (C=O) groups excluding carboxylic acids is 1. The first-order valence-electron chi connectivity index (χ1n) is 5.38. The summed E-state index contributed by atoms with van der Waals surface area (Å²) >= 11 is 0. The predicted octanol–water partition coefficient (Wildman–Crippen LogP) is 2.80. The topological polar surface area (TPSA) is 52.1 Å². The van der Waals surface area contributed by atoms with E-state index in [1.165, 1.54) is 0 Å². The summed E-state index contributed by atoms with van der Waals surface area (Å²) in [6.45, 7) is 5.03. The van der Waals surface area contributed by atoms with Crippen LogP contribution in [-0.4, -0.2) is 22.5 Å². The van der Waals surface area contributed by atoms with Gasteiger partial charge in [0.15, 0.2) is 0 Å². The van der Waals surface area contributed by atoms with Crippen molar-refractivity contribution in [2.75, 3.05) is 6.61 Å². The normalized spacial score (nSPS) is 11.7. The maximum Gasteiger partial charge on any atom is 0.451 e. The van der Waals surface area contributed by atoms with Crippen molar-refractivity contribution in [1.82, 2.24) is 9.97 Å². The van der Waals surface area contributed by atoms with Gasteiger partial charge in [-0.3, -0.25) is 0 Å². The first kappa shape index (κ1) is 14.4. The van der Waals surface area contributed by atoms with Crippen LogP contribution in [0.4, 0.5) is 13.2 Å². The fourth-order valence-electron chi connectivity index (χ4n) is 1.34. The summed E-state index contributed by atoms with van der Waals surface area (Å²) in [4.78, 5) is 18.1. The van der Waals surface area contributed by atoms with Gasteiger partial charge < -0.3 is 4.74 Å². The first-order valence-corrected chi connectivity index (χ1v) is 5.38. The average Bonchev–Trinajstić information content (AvgIpc) is 2.27. The Morgan fingerprint density at radius 3 is 2.50 bits per heavy atom. The Balaban J connectivity index is 3.25. The van der Waals surface area contributed by atoms with E-state index >= 15 is 0 Å². The molecule has 0 aliphatic carbocycles. The van der Waals surface area contributed by atoms with Crippen LogP contribution < -0.4 is 0 Å². The number of nitrogens with zero attached hydrogens (tertiary/aromatic N) is 2. The number of ether oxygens (including phenoxy) is 1. The summed E-state index contributed by atoms with van der Waals surface area (Å²) < 4.78 is 42.2. The Morgan fingerprint density at radius 1 is 1.44 bits per heavy atom. The number of halogens is 3. The van der Waals surface area contributed by atoms with Gasteiger partial charge >= 0.3 is 12.1 Å². The molecule has 0 N–H and O–H groups in total. The van der Waals surface area contributed by atoms with Crippen LogP contribution in [-0.2, 0) is 10.9 Å². The van der Waals surface area contributed by atoms with Crippen LogP contribution in [0.5, 0.6) is 0 Å². The molecule has 0 aromatic carbocycles. The number of hydrogen-bond acceptors (Lipinski definition) is 4. The summed E-state index contributed by atoms with van der Waals surface area (Å²) in [7, 11) is 0. The lowest BCUT2D eigenvalue weighted by Crippen LogP contribution is -2.17. The van der Waals surface area contributed by atoms with Gasteiger partial charge in [-0.1, -0.05) is 13.8 Å². The minimum Gasteiger partial charge on any atom is -0.462 e. The van der Waals surface area contributed by atoms with E-state index < -0.39 is 18.0 Å². The zero-order valence-corrected chi connectivity index (χ0v) is 10.2. The zero-order valence-electron chi connectivity index (χ0n) is 10.2. The number of carbonyl (C=O) groups is 1. The summed E-state index contributed by atoms with van der Waals surface area (Å²) in [5.74, 6) is -2.30. The minimum absolute atomic E-state index is 0.0279. The molecule has 1 heterocycles. The van der Waals surface area contributed by atoms with Crippen molar-refractivity contribution in [3.63, 3.8) is 0 Å². The lowest BCUT2D eigenvalue weighted by atomic mass is 10.1. The van der Waals surface area contributed by atoms with Crippen LogP contribution in [0.3, 0.4) is 0 Å². The highest BCUT2D eigenvalue weighted by molar-refractivity contribution is 5.90. The van der Waals surface area contributed by atoms with Gasteiger partial charge in [0.05, 0.1) is 17.9 Å². The molecule has 0 atom stereocenters. The second-order valence-electron chi connectivity index (χ2n) is 3.87. The molecular weight excluding hydrogens is 249 g/mol. The molecule has 1 aromatic heterocycles. The number of aromatic nitrogens is 2. The molecule has 0 saturated heterocycles. The van der Waals surface area contributed by atoms with Crippen molar-refractivity contribution in [3.8, 4) is 0 Å². The Morgan fingerprint density at radius 2 is 2.06 bits per heavy atom. The van der Waals surface area contributed by atoms with E-state index in [0.29, 0.717) is 0 Å². The third kappa shape index (κ3) is 3.18. The van der Waals surface area contributed by atoms with Crippen molar-refractivity contribution >= 4 is 5.97 Å². The van der Waals surface area contributed by atoms with Crippen molar-refractivity contribution in [3.05, 3.63) is 23.3 Å². The molecule has 7 heteroatoms.